The summed E-state index contributed by atoms with van der Waals surface area (Å²) in [6.07, 6.45) is 0. The Kier molecular flexibility index (Phi) is 3.22. The molecule has 2 rings (SSSR count). The highest BCUT2D eigenvalue weighted by Gasteiger charge is 2.50. The maximum absolute atomic E-state index is 11.5. The van der Waals surface area contributed by atoms with Gasteiger partial charge in [0, 0.05) is 15.2 Å². The second-order valence-electron chi connectivity index (χ2n) is 3.86. The molecule has 0 spiro atoms. The minimum absolute atomic E-state index is 0.371. The molecule has 0 aliphatic carbocycles. The highest BCUT2D eigenvalue weighted by molar-refractivity contribution is 9.10. The van der Waals surface area contributed by atoms with Crippen LogP contribution in [-0.2, 0) is 14.0 Å². The molecule has 1 aromatic carbocycles. The van der Waals surface area contributed by atoms with Gasteiger partial charge >= 0.3 is 9.24 Å². The molecule has 1 heterocycles. The fourth-order valence-electron chi connectivity index (χ4n) is 1.92. The van der Waals surface area contributed by atoms with Crippen molar-refractivity contribution in [1.29, 1.82) is 0 Å². The molecule has 0 bridgehead atoms. The van der Waals surface area contributed by atoms with Gasteiger partial charge in [0.05, 0.1) is 12.0 Å². The number of amides is 1. The number of carbonyl (C=O) groups excluding carboxylic acids is 1. The van der Waals surface area contributed by atoms with Crippen LogP contribution in [0.15, 0.2) is 28.7 Å². The summed E-state index contributed by atoms with van der Waals surface area (Å²) in [6, 6.07) is 6.63. The van der Waals surface area contributed by atoms with Crippen molar-refractivity contribution in [3.05, 3.63) is 34.3 Å². The SMILES string of the molecule is CC1C(=O)N(S(=O)(=O)Cl)C1c1ccc(Br)cc1. The molecule has 1 amide bonds. The Balaban J connectivity index is 2.38. The molecule has 1 aliphatic rings. The predicted molar refractivity (Wildman–Crippen MR) is 67.7 cm³/mol. The summed E-state index contributed by atoms with van der Waals surface area (Å²) in [5, 5.41) is 0. The summed E-state index contributed by atoms with van der Waals surface area (Å²) in [7, 11) is 1.23. The summed E-state index contributed by atoms with van der Waals surface area (Å²) in [5.74, 6) is -0.836. The normalized spacial score (nSPS) is 24.6. The van der Waals surface area contributed by atoms with Crippen LogP contribution in [0.3, 0.4) is 0 Å². The molecule has 92 valence electrons. The Bertz CT molecular complexity index is 557. The minimum Gasteiger partial charge on any atom is -0.273 e. The zero-order chi connectivity index (χ0) is 12.8. The Morgan fingerprint density at radius 3 is 2.29 bits per heavy atom. The fraction of sp³-hybridized carbons (Fsp3) is 0.300. The second kappa shape index (κ2) is 4.26. The number of carbonyl (C=O) groups is 1. The predicted octanol–water partition coefficient (Wildman–Crippen LogP) is 2.45. The van der Waals surface area contributed by atoms with Gasteiger partial charge in [-0.25, -0.2) is 4.31 Å². The molecule has 0 saturated carbocycles. The van der Waals surface area contributed by atoms with Crippen LogP contribution in [0.5, 0.6) is 0 Å². The highest BCUT2D eigenvalue weighted by atomic mass is 79.9. The average Bonchev–Trinajstić information content (AvgIpc) is 2.24. The second-order valence-corrected chi connectivity index (χ2v) is 7.16. The maximum atomic E-state index is 11.5. The van der Waals surface area contributed by atoms with Crippen molar-refractivity contribution >= 4 is 41.8 Å². The quantitative estimate of drug-likeness (QED) is 0.615. The van der Waals surface area contributed by atoms with Crippen molar-refractivity contribution in [2.24, 2.45) is 5.92 Å². The van der Waals surface area contributed by atoms with Crippen LogP contribution >= 0.6 is 26.6 Å². The van der Waals surface area contributed by atoms with Crippen LogP contribution < -0.4 is 0 Å². The van der Waals surface area contributed by atoms with Crippen LogP contribution in [0.2, 0.25) is 0 Å². The first kappa shape index (κ1) is 12.9. The molecule has 1 aliphatic heterocycles. The summed E-state index contributed by atoms with van der Waals surface area (Å²) in [6.45, 7) is 1.69. The van der Waals surface area contributed by atoms with Gasteiger partial charge in [-0.05, 0) is 17.7 Å². The third-order valence-electron chi connectivity index (χ3n) is 2.78. The number of halogens is 2. The van der Waals surface area contributed by atoms with Crippen molar-refractivity contribution in [2.45, 2.75) is 13.0 Å². The van der Waals surface area contributed by atoms with E-state index in [9.17, 15) is 13.2 Å². The average molecular weight is 339 g/mol. The van der Waals surface area contributed by atoms with E-state index in [1.165, 1.54) is 0 Å². The Morgan fingerprint density at radius 2 is 1.82 bits per heavy atom. The lowest BCUT2D eigenvalue weighted by molar-refractivity contribution is -0.145. The van der Waals surface area contributed by atoms with E-state index in [4.69, 9.17) is 10.7 Å². The van der Waals surface area contributed by atoms with Gasteiger partial charge in [-0.15, -0.1) is 0 Å². The van der Waals surface area contributed by atoms with Gasteiger partial charge in [-0.2, -0.15) is 8.42 Å². The third kappa shape index (κ3) is 2.21. The van der Waals surface area contributed by atoms with E-state index in [2.05, 4.69) is 15.9 Å². The Hall–Kier alpha value is -0.590. The van der Waals surface area contributed by atoms with Crippen molar-refractivity contribution in [3.8, 4) is 0 Å². The molecule has 4 nitrogen and oxygen atoms in total. The first-order chi connectivity index (χ1) is 7.82. The van der Waals surface area contributed by atoms with Crippen molar-refractivity contribution in [1.82, 2.24) is 4.31 Å². The molecule has 2 unspecified atom stereocenters. The van der Waals surface area contributed by atoms with Gasteiger partial charge in [0.15, 0.2) is 0 Å². The maximum Gasteiger partial charge on any atom is 0.324 e. The molecule has 17 heavy (non-hydrogen) atoms. The van der Waals surface area contributed by atoms with E-state index in [-0.39, 0.29) is 5.92 Å². The van der Waals surface area contributed by atoms with Gasteiger partial charge in [0.25, 0.3) is 0 Å². The molecule has 1 aromatic rings. The molecule has 1 saturated heterocycles. The number of β-lactam (4-membered cyclic amide) rings is 1. The zero-order valence-corrected chi connectivity index (χ0v) is 12.0. The van der Waals surface area contributed by atoms with Gasteiger partial charge in [-0.1, -0.05) is 35.0 Å². The number of benzene rings is 1. The van der Waals surface area contributed by atoms with Crippen LogP contribution in [0.25, 0.3) is 0 Å². The summed E-state index contributed by atoms with van der Waals surface area (Å²) < 4.78 is 24.2. The molecule has 0 radical (unpaired) electrons. The molecule has 7 heteroatoms. The van der Waals surface area contributed by atoms with Crippen LogP contribution in [-0.4, -0.2) is 18.6 Å². The largest absolute Gasteiger partial charge is 0.324 e. The monoisotopic (exact) mass is 337 g/mol. The van der Waals surface area contributed by atoms with Crippen molar-refractivity contribution < 1.29 is 13.2 Å². The number of hydrogen-bond acceptors (Lipinski definition) is 3. The number of nitrogens with zero attached hydrogens (tertiary/aromatic N) is 1. The fourth-order valence-corrected chi connectivity index (χ4v) is 3.60. The molecule has 0 N–H and O–H groups in total. The third-order valence-corrected chi connectivity index (χ3v) is 4.63. The van der Waals surface area contributed by atoms with Gasteiger partial charge in [0.2, 0.25) is 5.91 Å². The number of hydrogen-bond donors (Lipinski definition) is 0. The lowest BCUT2D eigenvalue weighted by Gasteiger charge is -2.42. The molecular formula is C10H9BrClNO3S. The van der Waals surface area contributed by atoms with Gasteiger partial charge in [0.1, 0.15) is 0 Å². The van der Waals surface area contributed by atoms with Crippen LogP contribution in [0.4, 0.5) is 0 Å². The lowest BCUT2D eigenvalue weighted by atomic mass is 9.87. The van der Waals surface area contributed by atoms with E-state index in [0.29, 0.717) is 0 Å². The number of rotatable bonds is 2. The van der Waals surface area contributed by atoms with Crippen LogP contribution in [0, 0.1) is 5.92 Å². The Morgan fingerprint density at radius 1 is 1.29 bits per heavy atom. The van der Waals surface area contributed by atoms with Crippen LogP contribution in [0.1, 0.15) is 18.5 Å². The standard InChI is InChI=1S/C10H9BrClNO3S/c1-6-9(7-2-4-8(11)5-3-7)13(10(6)14)17(12,15)16/h2-6,9H,1H3. The van der Waals surface area contributed by atoms with Crippen molar-refractivity contribution in [2.75, 3.05) is 0 Å². The lowest BCUT2D eigenvalue weighted by Crippen LogP contribution is -2.54. The summed E-state index contributed by atoms with van der Waals surface area (Å²) >= 11 is 3.29. The van der Waals surface area contributed by atoms with E-state index in [0.717, 1.165) is 14.3 Å². The Labute approximate surface area is 112 Å². The molecule has 0 aromatic heterocycles. The van der Waals surface area contributed by atoms with Crippen molar-refractivity contribution in [3.63, 3.8) is 0 Å². The highest BCUT2D eigenvalue weighted by Crippen LogP contribution is 2.42. The zero-order valence-electron chi connectivity index (χ0n) is 8.80. The molecule has 1 fully saturated rings. The minimum atomic E-state index is -4.01. The summed E-state index contributed by atoms with van der Waals surface area (Å²) in [4.78, 5) is 11.5. The molecular weight excluding hydrogens is 330 g/mol. The first-order valence-electron chi connectivity index (χ1n) is 4.85. The van der Waals surface area contributed by atoms with E-state index < -0.39 is 21.2 Å². The van der Waals surface area contributed by atoms with Gasteiger partial charge < -0.3 is 0 Å². The molecule has 2 atom stereocenters. The topological polar surface area (TPSA) is 54.5 Å². The van der Waals surface area contributed by atoms with E-state index >= 15 is 0 Å². The smallest absolute Gasteiger partial charge is 0.273 e. The summed E-state index contributed by atoms with van der Waals surface area (Å²) in [5.41, 5.74) is 0.754. The van der Waals surface area contributed by atoms with E-state index in [1.54, 1.807) is 31.2 Å². The van der Waals surface area contributed by atoms with E-state index in [1.807, 2.05) is 0 Å². The first-order valence-corrected chi connectivity index (χ1v) is 7.91. The van der Waals surface area contributed by atoms with Gasteiger partial charge in [-0.3, -0.25) is 4.79 Å².